The Morgan fingerprint density at radius 3 is 2.54 bits per heavy atom. The third kappa shape index (κ3) is 4.28. The first-order valence-electron chi connectivity index (χ1n) is 8.43. The standard InChI is InChI=1S/C18H24ClN3OS/c1-13(2)20-17(23)12-22-9-7-21(8-10-22)11-16-18(19)14-5-3-4-6-15(14)24-16/h3-6,13H,7-12H2,1-2H3,(H,20,23). The van der Waals surface area contributed by atoms with E-state index in [1.807, 2.05) is 19.9 Å². The van der Waals surface area contributed by atoms with Gasteiger partial charge in [0.2, 0.25) is 5.91 Å². The Labute approximate surface area is 152 Å². The molecule has 1 saturated heterocycles. The Bertz CT molecular complexity index is 707. The number of thiophene rings is 1. The minimum absolute atomic E-state index is 0.117. The molecule has 1 fully saturated rings. The van der Waals surface area contributed by atoms with Crippen molar-refractivity contribution in [1.82, 2.24) is 15.1 Å². The molecule has 0 aliphatic carbocycles. The Kier molecular flexibility index (Phi) is 5.76. The van der Waals surface area contributed by atoms with Crippen LogP contribution in [-0.4, -0.2) is 54.5 Å². The summed E-state index contributed by atoms with van der Waals surface area (Å²) >= 11 is 8.33. The van der Waals surface area contributed by atoms with E-state index in [1.54, 1.807) is 11.3 Å². The highest BCUT2D eigenvalue weighted by Gasteiger charge is 2.21. The maximum atomic E-state index is 11.9. The number of rotatable bonds is 5. The molecular formula is C18H24ClN3OS. The lowest BCUT2D eigenvalue weighted by Gasteiger charge is -2.34. The number of amides is 1. The molecule has 0 saturated carbocycles. The molecule has 1 aromatic carbocycles. The maximum absolute atomic E-state index is 11.9. The van der Waals surface area contributed by atoms with Crippen LogP contribution in [0.3, 0.4) is 0 Å². The lowest BCUT2D eigenvalue weighted by atomic mass is 10.2. The van der Waals surface area contributed by atoms with Gasteiger partial charge in [-0.2, -0.15) is 0 Å². The second-order valence-corrected chi connectivity index (χ2v) is 8.12. The van der Waals surface area contributed by atoms with Crippen LogP contribution >= 0.6 is 22.9 Å². The van der Waals surface area contributed by atoms with Gasteiger partial charge in [0.1, 0.15) is 0 Å². The van der Waals surface area contributed by atoms with Crippen molar-refractivity contribution in [2.75, 3.05) is 32.7 Å². The summed E-state index contributed by atoms with van der Waals surface area (Å²) in [6.07, 6.45) is 0. The van der Waals surface area contributed by atoms with Crippen LogP contribution in [0.2, 0.25) is 5.02 Å². The second-order valence-electron chi connectivity index (χ2n) is 6.61. The minimum Gasteiger partial charge on any atom is -0.353 e. The van der Waals surface area contributed by atoms with Crippen molar-refractivity contribution in [3.63, 3.8) is 0 Å². The quantitative estimate of drug-likeness (QED) is 0.883. The number of nitrogens with zero attached hydrogens (tertiary/aromatic N) is 2. The lowest BCUT2D eigenvalue weighted by Crippen LogP contribution is -2.49. The van der Waals surface area contributed by atoms with Crippen LogP contribution in [0.4, 0.5) is 0 Å². The number of piperazine rings is 1. The number of nitrogens with one attached hydrogen (secondary N) is 1. The molecule has 2 aromatic rings. The van der Waals surface area contributed by atoms with E-state index in [4.69, 9.17) is 11.6 Å². The third-order valence-electron chi connectivity index (χ3n) is 4.25. The molecule has 0 radical (unpaired) electrons. The number of benzene rings is 1. The van der Waals surface area contributed by atoms with Crippen LogP contribution in [-0.2, 0) is 11.3 Å². The van der Waals surface area contributed by atoms with Crippen molar-refractivity contribution < 1.29 is 4.79 Å². The second kappa shape index (κ2) is 7.83. The molecule has 130 valence electrons. The molecule has 3 rings (SSSR count). The van der Waals surface area contributed by atoms with Crippen molar-refractivity contribution in [3.05, 3.63) is 34.2 Å². The summed E-state index contributed by atoms with van der Waals surface area (Å²) in [5.41, 5.74) is 0. The normalized spacial score (nSPS) is 16.8. The highest BCUT2D eigenvalue weighted by Crippen LogP contribution is 2.35. The fourth-order valence-corrected chi connectivity index (χ4v) is 4.58. The molecule has 2 heterocycles. The van der Waals surface area contributed by atoms with E-state index in [1.165, 1.54) is 9.58 Å². The number of halogens is 1. The summed E-state index contributed by atoms with van der Waals surface area (Å²) in [6, 6.07) is 8.50. The molecular weight excluding hydrogens is 342 g/mol. The number of fused-ring (bicyclic) bond motifs is 1. The molecule has 0 spiro atoms. The SMILES string of the molecule is CC(C)NC(=O)CN1CCN(Cc2sc3ccccc3c2Cl)CC1. The van der Waals surface area contributed by atoms with Gasteiger partial charge in [-0.05, 0) is 19.9 Å². The van der Waals surface area contributed by atoms with Gasteiger partial charge < -0.3 is 5.32 Å². The lowest BCUT2D eigenvalue weighted by molar-refractivity contribution is -0.123. The van der Waals surface area contributed by atoms with Gasteiger partial charge in [-0.25, -0.2) is 0 Å². The van der Waals surface area contributed by atoms with Crippen molar-refractivity contribution in [3.8, 4) is 0 Å². The van der Waals surface area contributed by atoms with Crippen molar-refractivity contribution >= 4 is 38.9 Å². The molecule has 1 amide bonds. The Hall–Kier alpha value is -1.14. The Morgan fingerprint density at radius 1 is 1.21 bits per heavy atom. The molecule has 0 bridgehead atoms. The largest absolute Gasteiger partial charge is 0.353 e. The van der Waals surface area contributed by atoms with Crippen LogP contribution in [0, 0.1) is 0 Å². The topological polar surface area (TPSA) is 35.6 Å². The van der Waals surface area contributed by atoms with E-state index < -0.39 is 0 Å². The van der Waals surface area contributed by atoms with Crippen molar-refractivity contribution in [2.45, 2.75) is 26.4 Å². The predicted octanol–water partition coefficient (Wildman–Crippen LogP) is 3.20. The molecule has 1 aliphatic heterocycles. The van der Waals surface area contributed by atoms with Gasteiger partial charge in [-0.3, -0.25) is 14.6 Å². The molecule has 0 atom stereocenters. The highest BCUT2D eigenvalue weighted by atomic mass is 35.5. The van der Waals surface area contributed by atoms with Crippen molar-refractivity contribution in [1.29, 1.82) is 0 Å². The van der Waals surface area contributed by atoms with Gasteiger partial charge in [0, 0.05) is 53.7 Å². The van der Waals surface area contributed by atoms with E-state index in [0.29, 0.717) is 6.54 Å². The Morgan fingerprint density at radius 2 is 1.88 bits per heavy atom. The van der Waals surface area contributed by atoms with Crippen molar-refractivity contribution in [2.24, 2.45) is 0 Å². The highest BCUT2D eigenvalue weighted by molar-refractivity contribution is 7.19. The summed E-state index contributed by atoms with van der Waals surface area (Å²) in [6.45, 7) is 9.16. The van der Waals surface area contributed by atoms with Crippen LogP contribution in [0.25, 0.3) is 10.1 Å². The fourth-order valence-electron chi connectivity index (χ4n) is 3.05. The van der Waals surface area contributed by atoms with Crippen LogP contribution in [0.15, 0.2) is 24.3 Å². The van der Waals surface area contributed by atoms with E-state index >= 15 is 0 Å². The summed E-state index contributed by atoms with van der Waals surface area (Å²) < 4.78 is 1.25. The average molecular weight is 366 g/mol. The molecule has 0 unspecified atom stereocenters. The molecule has 24 heavy (non-hydrogen) atoms. The molecule has 1 aliphatic rings. The summed E-state index contributed by atoms with van der Waals surface area (Å²) in [5, 5.41) is 5.01. The van der Waals surface area contributed by atoms with Gasteiger partial charge >= 0.3 is 0 Å². The van der Waals surface area contributed by atoms with Gasteiger partial charge in [0.05, 0.1) is 11.6 Å². The zero-order chi connectivity index (χ0) is 17.1. The maximum Gasteiger partial charge on any atom is 0.234 e. The number of carbonyl (C=O) groups excluding carboxylic acids is 1. The molecule has 1 aromatic heterocycles. The zero-order valence-electron chi connectivity index (χ0n) is 14.2. The van der Waals surface area contributed by atoms with Gasteiger partial charge in [-0.15, -0.1) is 11.3 Å². The minimum atomic E-state index is 0.117. The van der Waals surface area contributed by atoms with Crippen LogP contribution in [0.5, 0.6) is 0 Å². The van der Waals surface area contributed by atoms with E-state index in [9.17, 15) is 4.79 Å². The number of hydrogen-bond acceptors (Lipinski definition) is 4. The smallest absolute Gasteiger partial charge is 0.234 e. The van der Waals surface area contributed by atoms with Gasteiger partial charge in [0.25, 0.3) is 0 Å². The van der Waals surface area contributed by atoms with Gasteiger partial charge in [0.15, 0.2) is 0 Å². The molecule has 4 nitrogen and oxygen atoms in total. The number of carbonyl (C=O) groups is 1. The van der Waals surface area contributed by atoms with E-state index in [0.717, 1.165) is 43.1 Å². The summed E-state index contributed by atoms with van der Waals surface area (Å²) in [5.74, 6) is 0.117. The Balaban J connectivity index is 1.53. The van der Waals surface area contributed by atoms with Gasteiger partial charge in [-0.1, -0.05) is 29.8 Å². The monoisotopic (exact) mass is 365 g/mol. The first-order chi connectivity index (χ1) is 11.5. The fraction of sp³-hybridized carbons (Fsp3) is 0.500. The predicted molar refractivity (Wildman–Crippen MR) is 102 cm³/mol. The number of hydrogen-bond donors (Lipinski definition) is 1. The molecule has 1 N–H and O–H groups in total. The van der Waals surface area contributed by atoms with Crippen LogP contribution in [0.1, 0.15) is 18.7 Å². The first kappa shape index (κ1) is 17.7. The van der Waals surface area contributed by atoms with Crippen LogP contribution < -0.4 is 5.32 Å². The summed E-state index contributed by atoms with van der Waals surface area (Å²) in [4.78, 5) is 17.7. The third-order valence-corrected chi connectivity index (χ3v) is 5.95. The van der Waals surface area contributed by atoms with E-state index in [2.05, 4.69) is 33.3 Å². The van der Waals surface area contributed by atoms with E-state index in [-0.39, 0.29) is 11.9 Å². The zero-order valence-corrected chi connectivity index (χ0v) is 15.8. The average Bonchev–Trinajstić information content (AvgIpc) is 2.85. The first-order valence-corrected chi connectivity index (χ1v) is 9.62. The molecule has 6 heteroatoms. The summed E-state index contributed by atoms with van der Waals surface area (Å²) in [7, 11) is 0.